The third-order valence-electron chi connectivity index (χ3n) is 5.13. The summed E-state index contributed by atoms with van der Waals surface area (Å²) in [6.45, 7) is 14.5. The highest BCUT2D eigenvalue weighted by Gasteiger charge is 2.38. The van der Waals surface area contributed by atoms with Crippen LogP contribution < -0.4 is 0 Å². The Morgan fingerprint density at radius 2 is 1.86 bits per heavy atom. The van der Waals surface area contributed by atoms with E-state index >= 15 is 0 Å². The van der Waals surface area contributed by atoms with Crippen molar-refractivity contribution in [3.05, 3.63) is 0 Å². The van der Waals surface area contributed by atoms with E-state index in [1.54, 1.807) is 0 Å². The lowest BCUT2D eigenvalue weighted by Crippen LogP contribution is -2.36. The SMILES string of the molecule is CCC(C)(C)C1CCC(C)(C)C(C)C1. The summed E-state index contributed by atoms with van der Waals surface area (Å²) in [5.41, 5.74) is 1.14. The van der Waals surface area contributed by atoms with Crippen molar-refractivity contribution in [3.63, 3.8) is 0 Å². The monoisotopic (exact) mass is 196 g/mol. The second-order valence-electron chi connectivity index (χ2n) is 6.70. The molecule has 2 atom stereocenters. The molecule has 0 aromatic heterocycles. The molecule has 0 nitrogen and oxygen atoms in total. The van der Waals surface area contributed by atoms with Gasteiger partial charge in [0.2, 0.25) is 0 Å². The summed E-state index contributed by atoms with van der Waals surface area (Å²) in [4.78, 5) is 0. The molecule has 0 spiro atoms. The van der Waals surface area contributed by atoms with Crippen LogP contribution in [0.5, 0.6) is 0 Å². The van der Waals surface area contributed by atoms with Crippen molar-refractivity contribution >= 4 is 0 Å². The van der Waals surface area contributed by atoms with Gasteiger partial charge in [-0.15, -0.1) is 0 Å². The molecule has 1 saturated carbocycles. The number of hydrogen-bond donors (Lipinski definition) is 0. The van der Waals surface area contributed by atoms with Crippen molar-refractivity contribution in [3.8, 4) is 0 Å². The number of rotatable bonds is 2. The minimum absolute atomic E-state index is 0.560. The smallest absolute Gasteiger partial charge is 0.0328 e. The molecule has 1 rings (SSSR count). The molecular formula is C14H28. The second-order valence-corrected chi connectivity index (χ2v) is 6.70. The van der Waals surface area contributed by atoms with E-state index in [1.165, 1.54) is 25.7 Å². The van der Waals surface area contributed by atoms with Crippen molar-refractivity contribution in [1.29, 1.82) is 0 Å². The first kappa shape index (κ1) is 12.1. The van der Waals surface area contributed by atoms with Crippen LogP contribution in [0, 0.1) is 22.7 Å². The molecule has 0 saturated heterocycles. The quantitative estimate of drug-likeness (QED) is 0.590. The maximum Gasteiger partial charge on any atom is -0.0328 e. The minimum atomic E-state index is 0.560. The summed E-state index contributed by atoms with van der Waals surface area (Å²) in [6.07, 6.45) is 5.62. The Labute approximate surface area is 90.5 Å². The van der Waals surface area contributed by atoms with Crippen LogP contribution in [0.4, 0.5) is 0 Å². The van der Waals surface area contributed by atoms with E-state index in [1.807, 2.05) is 0 Å². The van der Waals surface area contributed by atoms with Crippen LogP contribution in [0.3, 0.4) is 0 Å². The predicted octanol–water partition coefficient (Wildman–Crippen LogP) is 4.89. The van der Waals surface area contributed by atoms with Gasteiger partial charge in [0.25, 0.3) is 0 Å². The maximum absolute atomic E-state index is 2.45. The largest absolute Gasteiger partial charge is 0.0649 e. The fourth-order valence-electron chi connectivity index (χ4n) is 2.65. The summed E-state index contributed by atoms with van der Waals surface area (Å²) in [5, 5.41) is 0. The Bertz CT molecular complexity index is 188. The predicted molar refractivity (Wildman–Crippen MR) is 64.4 cm³/mol. The highest BCUT2D eigenvalue weighted by molar-refractivity contribution is 4.89. The van der Waals surface area contributed by atoms with Gasteiger partial charge in [-0.05, 0) is 41.9 Å². The molecule has 0 aromatic rings. The van der Waals surface area contributed by atoms with Crippen molar-refractivity contribution in [2.75, 3.05) is 0 Å². The van der Waals surface area contributed by atoms with E-state index in [4.69, 9.17) is 0 Å². The Kier molecular flexibility index (Phi) is 3.33. The molecular weight excluding hydrogens is 168 g/mol. The van der Waals surface area contributed by atoms with Crippen molar-refractivity contribution in [2.45, 2.75) is 67.2 Å². The van der Waals surface area contributed by atoms with Crippen LogP contribution in [0.25, 0.3) is 0 Å². The zero-order valence-electron chi connectivity index (χ0n) is 11.0. The molecule has 2 unspecified atom stereocenters. The van der Waals surface area contributed by atoms with Crippen molar-refractivity contribution in [1.82, 2.24) is 0 Å². The van der Waals surface area contributed by atoms with Gasteiger partial charge >= 0.3 is 0 Å². The number of hydrogen-bond acceptors (Lipinski definition) is 0. The first-order chi connectivity index (χ1) is 6.29. The molecule has 0 radical (unpaired) electrons. The van der Waals surface area contributed by atoms with Gasteiger partial charge in [-0.25, -0.2) is 0 Å². The molecule has 0 aliphatic heterocycles. The first-order valence-corrected chi connectivity index (χ1v) is 6.29. The van der Waals surface area contributed by atoms with Crippen LogP contribution in [0.15, 0.2) is 0 Å². The fourth-order valence-corrected chi connectivity index (χ4v) is 2.65. The van der Waals surface area contributed by atoms with Crippen LogP contribution in [0.2, 0.25) is 0 Å². The Balaban J connectivity index is 2.63. The molecule has 1 aliphatic rings. The molecule has 0 heteroatoms. The molecule has 1 aliphatic carbocycles. The molecule has 0 amide bonds. The molecule has 1 fully saturated rings. The topological polar surface area (TPSA) is 0 Å². The average Bonchev–Trinajstić information content (AvgIpc) is 2.09. The molecule has 0 N–H and O–H groups in total. The lowest BCUT2D eigenvalue weighted by atomic mass is 9.60. The van der Waals surface area contributed by atoms with E-state index < -0.39 is 0 Å². The van der Waals surface area contributed by atoms with Gasteiger partial charge in [-0.1, -0.05) is 48.0 Å². The highest BCUT2D eigenvalue weighted by atomic mass is 14.4. The van der Waals surface area contributed by atoms with E-state index in [0.717, 1.165) is 11.8 Å². The fraction of sp³-hybridized carbons (Fsp3) is 1.00. The van der Waals surface area contributed by atoms with E-state index in [2.05, 4.69) is 41.5 Å². The van der Waals surface area contributed by atoms with Gasteiger partial charge in [0.15, 0.2) is 0 Å². The third kappa shape index (κ3) is 2.32. The lowest BCUT2D eigenvalue weighted by Gasteiger charge is -2.46. The Hall–Kier alpha value is 0. The van der Waals surface area contributed by atoms with E-state index in [0.29, 0.717) is 10.8 Å². The zero-order valence-corrected chi connectivity index (χ0v) is 11.0. The van der Waals surface area contributed by atoms with E-state index in [-0.39, 0.29) is 0 Å². The molecule has 0 bridgehead atoms. The van der Waals surface area contributed by atoms with Gasteiger partial charge in [0, 0.05) is 0 Å². The molecule has 84 valence electrons. The highest BCUT2D eigenvalue weighted by Crippen LogP contribution is 2.49. The van der Waals surface area contributed by atoms with Gasteiger partial charge in [0.1, 0.15) is 0 Å². The average molecular weight is 196 g/mol. The van der Waals surface area contributed by atoms with Crippen LogP contribution in [0.1, 0.15) is 67.2 Å². The van der Waals surface area contributed by atoms with Crippen molar-refractivity contribution < 1.29 is 0 Å². The van der Waals surface area contributed by atoms with Crippen LogP contribution in [-0.2, 0) is 0 Å². The normalized spacial score (nSPS) is 33.0. The van der Waals surface area contributed by atoms with Crippen LogP contribution in [-0.4, -0.2) is 0 Å². The summed E-state index contributed by atoms with van der Waals surface area (Å²) >= 11 is 0. The Morgan fingerprint density at radius 1 is 1.29 bits per heavy atom. The van der Waals surface area contributed by atoms with E-state index in [9.17, 15) is 0 Å². The molecule has 0 aromatic carbocycles. The summed E-state index contributed by atoms with van der Waals surface area (Å²) in [7, 11) is 0. The summed E-state index contributed by atoms with van der Waals surface area (Å²) in [6, 6.07) is 0. The maximum atomic E-state index is 2.45. The lowest BCUT2D eigenvalue weighted by molar-refractivity contribution is 0.0475. The van der Waals surface area contributed by atoms with Gasteiger partial charge < -0.3 is 0 Å². The Morgan fingerprint density at radius 3 is 2.29 bits per heavy atom. The molecule has 14 heavy (non-hydrogen) atoms. The summed E-state index contributed by atoms with van der Waals surface area (Å²) < 4.78 is 0. The van der Waals surface area contributed by atoms with Gasteiger partial charge in [-0.2, -0.15) is 0 Å². The third-order valence-corrected chi connectivity index (χ3v) is 5.13. The van der Waals surface area contributed by atoms with Gasteiger partial charge in [0.05, 0.1) is 0 Å². The second kappa shape index (κ2) is 3.87. The minimum Gasteiger partial charge on any atom is -0.0649 e. The van der Waals surface area contributed by atoms with Crippen molar-refractivity contribution in [2.24, 2.45) is 22.7 Å². The zero-order chi connectivity index (χ0) is 11.0. The standard InChI is InChI=1S/C14H28/c1-7-13(3,4)12-8-9-14(5,6)11(2)10-12/h11-12H,7-10H2,1-6H3. The molecule has 0 heterocycles. The van der Waals surface area contributed by atoms with Gasteiger partial charge in [-0.3, -0.25) is 0 Å². The summed E-state index contributed by atoms with van der Waals surface area (Å²) in [5.74, 6) is 1.85. The van der Waals surface area contributed by atoms with Crippen LogP contribution >= 0.6 is 0 Å². The first-order valence-electron chi connectivity index (χ1n) is 6.29.